The summed E-state index contributed by atoms with van der Waals surface area (Å²) in [6.45, 7) is 1.49. The molecule has 27 heavy (non-hydrogen) atoms. The molecule has 0 saturated carbocycles. The maximum atomic E-state index is 12.6. The Morgan fingerprint density at radius 1 is 1.15 bits per heavy atom. The van der Waals surface area contributed by atoms with E-state index in [0.717, 1.165) is 5.56 Å². The molecule has 0 aliphatic carbocycles. The molecule has 1 amide bonds. The van der Waals surface area contributed by atoms with Gasteiger partial charge in [-0.05, 0) is 18.4 Å². The molecule has 1 aliphatic rings. The number of amides is 1. The van der Waals surface area contributed by atoms with Crippen molar-refractivity contribution in [2.24, 2.45) is 0 Å². The lowest BCUT2D eigenvalue weighted by molar-refractivity contribution is -0.118. The lowest BCUT2D eigenvalue weighted by Gasteiger charge is -2.30. The molecule has 0 saturated heterocycles. The molecule has 2 aromatic carbocycles. The molecule has 136 valence electrons. The smallest absolute Gasteiger partial charge is 0.247 e. The first kappa shape index (κ1) is 17.8. The fourth-order valence-corrected chi connectivity index (χ4v) is 3.54. The highest BCUT2D eigenvalue weighted by atomic mass is 35.5. The van der Waals surface area contributed by atoms with E-state index in [1.807, 2.05) is 48.7 Å². The Bertz CT molecular complexity index is 1030. The molecule has 0 N–H and O–H groups in total. The Morgan fingerprint density at radius 2 is 1.89 bits per heavy atom. The Balaban J connectivity index is 2.00. The van der Waals surface area contributed by atoms with E-state index in [1.54, 1.807) is 11.0 Å². The Kier molecular flexibility index (Phi) is 4.72. The molecule has 1 atom stereocenters. The summed E-state index contributed by atoms with van der Waals surface area (Å²) in [5.41, 5.74) is 2.55. The van der Waals surface area contributed by atoms with Gasteiger partial charge in [0.2, 0.25) is 23.2 Å². The van der Waals surface area contributed by atoms with Gasteiger partial charge in [-0.2, -0.15) is 4.98 Å². The van der Waals surface area contributed by atoms with E-state index in [2.05, 4.69) is 15.2 Å². The molecular weight excluding hydrogens is 384 g/mol. The summed E-state index contributed by atoms with van der Waals surface area (Å²) in [6.07, 6.45) is 1.09. The van der Waals surface area contributed by atoms with E-state index >= 15 is 0 Å². The Morgan fingerprint density at radius 3 is 2.63 bits per heavy atom. The topological polar surface area (TPSA) is 68.2 Å². The number of fused-ring (bicyclic) bond motifs is 3. The average Bonchev–Trinajstić information content (AvgIpc) is 2.82. The number of carbonyl (C=O) groups is 1. The van der Waals surface area contributed by atoms with Crippen molar-refractivity contribution in [2.45, 2.75) is 18.3 Å². The van der Waals surface area contributed by atoms with Gasteiger partial charge in [0.05, 0.1) is 5.69 Å². The van der Waals surface area contributed by atoms with Crippen molar-refractivity contribution in [3.63, 3.8) is 0 Å². The highest BCUT2D eigenvalue weighted by Gasteiger charge is 2.35. The zero-order valence-electron chi connectivity index (χ0n) is 14.6. The summed E-state index contributed by atoms with van der Waals surface area (Å²) in [5.74, 6) is 0.133. The van der Waals surface area contributed by atoms with Gasteiger partial charge in [-0.15, -0.1) is 10.2 Å². The van der Waals surface area contributed by atoms with Crippen LogP contribution in [0.5, 0.6) is 5.88 Å². The number of nitrogens with zero attached hydrogens (tertiary/aromatic N) is 4. The van der Waals surface area contributed by atoms with Crippen molar-refractivity contribution in [1.82, 2.24) is 15.2 Å². The van der Waals surface area contributed by atoms with Gasteiger partial charge in [-0.3, -0.25) is 9.69 Å². The number of benzene rings is 2. The van der Waals surface area contributed by atoms with Crippen LogP contribution in [0.15, 0.2) is 53.7 Å². The first-order valence-corrected chi connectivity index (χ1v) is 9.79. The maximum Gasteiger partial charge on any atom is 0.247 e. The predicted octanol–water partition coefficient (Wildman–Crippen LogP) is 4.36. The second-order valence-corrected chi connectivity index (χ2v) is 7.03. The number of aromatic nitrogens is 3. The van der Waals surface area contributed by atoms with Crippen LogP contribution in [0.4, 0.5) is 5.69 Å². The number of hydrogen-bond donors (Lipinski definition) is 0. The number of ether oxygens (including phenoxy) is 1. The summed E-state index contributed by atoms with van der Waals surface area (Å²) >= 11 is 7.79. The molecule has 4 rings (SSSR count). The number of para-hydroxylation sites is 1. The van der Waals surface area contributed by atoms with E-state index in [-0.39, 0.29) is 5.91 Å². The van der Waals surface area contributed by atoms with Gasteiger partial charge < -0.3 is 4.74 Å². The number of halogens is 1. The van der Waals surface area contributed by atoms with Crippen LogP contribution in [0.3, 0.4) is 0 Å². The number of carbonyl (C=O) groups excluding carboxylic acids is 1. The third kappa shape index (κ3) is 3.13. The van der Waals surface area contributed by atoms with Crippen molar-refractivity contribution in [3.05, 3.63) is 59.1 Å². The molecule has 0 spiro atoms. The van der Waals surface area contributed by atoms with Gasteiger partial charge in [-0.25, -0.2) is 0 Å². The Hall–Kier alpha value is -2.64. The van der Waals surface area contributed by atoms with Crippen LogP contribution in [0, 0.1) is 0 Å². The van der Waals surface area contributed by atoms with E-state index in [1.165, 1.54) is 18.7 Å². The molecule has 0 bridgehead atoms. The molecule has 0 fully saturated rings. The standard InChI is InChI=1S/C19H15ClN4O2S/c1-11(25)24-15-10-6-4-8-13(15)16-17(21-19(27-2)23-22-16)26-18(24)12-7-3-5-9-14(12)20/h3-10,18H,1-2H3. The minimum Gasteiger partial charge on any atom is -0.447 e. The summed E-state index contributed by atoms with van der Waals surface area (Å²) in [4.78, 5) is 18.7. The normalized spacial score (nSPS) is 15.4. The first-order chi connectivity index (χ1) is 13.1. The second kappa shape index (κ2) is 7.17. The highest BCUT2D eigenvalue weighted by molar-refractivity contribution is 7.98. The lowest BCUT2D eigenvalue weighted by atomic mass is 10.1. The zero-order valence-corrected chi connectivity index (χ0v) is 16.2. The zero-order chi connectivity index (χ0) is 19.0. The summed E-state index contributed by atoms with van der Waals surface area (Å²) < 4.78 is 6.22. The van der Waals surface area contributed by atoms with Crippen molar-refractivity contribution in [2.75, 3.05) is 11.2 Å². The molecule has 8 heteroatoms. The number of hydrogen-bond acceptors (Lipinski definition) is 6. The number of rotatable bonds is 2. The molecule has 1 unspecified atom stereocenters. The van der Waals surface area contributed by atoms with Crippen LogP contribution in [0.1, 0.15) is 18.7 Å². The van der Waals surface area contributed by atoms with Gasteiger partial charge in [-0.1, -0.05) is 59.8 Å². The van der Waals surface area contributed by atoms with Crippen molar-refractivity contribution < 1.29 is 9.53 Å². The van der Waals surface area contributed by atoms with Crippen molar-refractivity contribution >= 4 is 35.0 Å². The van der Waals surface area contributed by atoms with Gasteiger partial charge in [0.15, 0.2) is 5.69 Å². The number of thioether (sulfide) groups is 1. The van der Waals surface area contributed by atoms with Crippen LogP contribution >= 0.6 is 23.4 Å². The van der Waals surface area contributed by atoms with E-state index in [0.29, 0.717) is 33.0 Å². The SMILES string of the molecule is CSc1nnc2c(n1)OC(c1ccccc1Cl)N(C(C)=O)c1ccccc1-2. The first-order valence-electron chi connectivity index (χ1n) is 8.19. The molecule has 2 heterocycles. The quantitative estimate of drug-likeness (QED) is 0.597. The van der Waals surface area contributed by atoms with Crippen molar-refractivity contribution in [3.8, 4) is 17.1 Å². The maximum absolute atomic E-state index is 12.6. The summed E-state index contributed by atoms with van der Waals surface area (Å²) in [7, 11) is 0. The van der Waals surface area contributed by atoms with Crippen LogP contribution < -0.4 is 9.64 Å². The molecule has 0 radical (unpaired) electrons. The molecule has 1 aromatic heterocycles. The van der Waals surface area contributed by atoms with Gasteiger partial charge in [0.25, 0.3) is 0 Å². The molecular formula is C19H15ClN4O2S. The predicted molar refractivity (Wildman–Crippen MR) is 105 cm³/mol. The molecule has 6 nitrogen and oxygen atoms in total. The third-order valence-corrected chi connectivity index (χ3v) is 5.09. The van der Waals surface area contributed by atoms with Gasteiger partial charge >= 0.3 is 0 Å². The van der Waals surface area contributed by atoms with Crippen LogP contribution in [0.2, 0.25) is 5.02 Å². The minimum atomic E-state index is -0.773. The molecule has 3 aromatic rings. The summed E-state index contributed by atoms with van der Waals surface area (Å²) in [6, 6.07) is 14.7. The molecule has 1 aliphatic heterocycles. The van der Waals surface area contributed by atoms with Gasteiger partial charge in [0, 0.05) is 23.1 Å². The van der Waals surface area contributed by atoms with E-state index < -0.39 is 6.23 Å². The van der Waals surface area contributed by atoms with E-state index in [9.17, 15) is 4.79 Å². The third-order valence-electron chi connectivity index (χ3n) is 4.20. The van der Waals surface area contributed by atoms with Crippen LogP contribution in [-0.4, -0.2) is 27.3 Å². The van der Waals surface area contributed by atoms with Crippen molar-refractivity contribution in [1.29, 1.82) is 0 Å². The second-order valence-electron chi connectivity index (χ2n) is 5.85. The monoisotopic (exact) mass is 398 g/mol. The van der Waals surface area contributed by atoms with Crippen LogP contribution in [-0.2, 0) is 4.79 Å². The van der Waals surface area contributed by atoms with Gasteiger partial charge in [0.1, 0.15) is 0 Å². The number of anilines is 1. The highest BCUT2D eigenvalue weighted by Crippen LogP contribution is 2.44. The van der Waals surface area contributed by atoms with Crippen LogP contribution in [0.25, 0.3) is 11.3 Å². The largest absolute Gasteiger partial charge is 0.447 e. The minimum absolute atomic E-state index is 0.182. The summed E-state index contributed by atoms with van der Waals surface area (Å²) in [5, 5.41) is 9.42. The Labute approximate surface area is 165 Å². The average molecular weight is 399 g/mol. The fraction of sp³-hybridized carbons (Fsp3) is 0.158. The lowest BCUT2D eigenvalue weighted by Crippen LogP contribution is -2.36. The van der Waals surface area contributed by atoms with E-state index in [4.69, 9.17) is 16.3 Å². The fourth-order valence-electron chi connectivity index (χ4n) is 3.02.